The summed E-state index contributed by atoms with van der Waals surface area (Å²) in [5, 5.41) is 1.47. The summed E-state index contributed by atoms with van der Waals surface area (Å²) in [4.78, 5) is 28.3. The van der Waals surface area contributed by atoms with Crippen LogP contribution >= 0.6 is 11.6 Å². The van der Waals surface area contributed by atoms with E-state index in [1.165, 1.54) is 6.07 Å². The van der Waals surface area contributed by atoms with E-state index in [-0.39, 0.29) is 11.4 Å². The molecule has 0 aliphatic rings. The number of benzene rings is 2. The van der Waals surface area contributed by atoms with Crippen molar-refractivity contribution in [2.75, 3.05) is 12.4 Å². The van der Waals surface area contributed by atoms with Crippen molar-refractivity contribution >= 4 is 29.1 Å². The van der Waals surface area contributed by atoms with Crippen molar-refractivity contribution in [1.82, 2.24) is 4.98 Å². The number of alkyl halides is 3. The number of nitrogens with zero attached hydrogens (tertiary/aromatic N) is 1. The minimum Gasteiger partial charge on any atom is -0.493 e. The fourth-order valence-electron chi connectivity index (χ4n) is 2.69. The molecule has 2 aromatic carbocycles. The maximum atomic E-state index is 15.6. The molecule has 3 aromatic rings. The van der Waals surface area contributed by atoms with Crippen LogP contribution in [0.3, 0.4) is 0 Å². The predicted octanol–water partition coefficient (Wildman–Crippen LogP) is 5.23. The van der Waals surface area contributed by atoms with Gasteiger partial charge in [-0.1, -0.05) is 11.6 Å². The lowest BCUT2D eigenvalue weighted by Gasteiger charge is -2.17. The average Bonchev–Trinajstić information content (AvgIpc) is 2.77. The van der Waals surface area contributed by atoms with E-state index in [4.69, 9.17) is 30.3 Å². The summed E-state index contributed by atoms with van der Waals surface area (Å²) in [6.45, 7) is -3.17. The number of anilines is 1. The number of methoxy groups -OCH3 is 1. The zero-order valence-corrected chi connectivity index (χ0v) is 17.8. The first-order chi connectivity index (χ1) is 18.7. The van der Waals surface area contributed by atoms with Crippen LogP contribution in [0.5, 0.6) is 23.0 Å². The molecule has 0 radical (unpaired) electrons. The predicted molar refractivity (Wildman–Crippen MR) is 117 cm³/mol. The zero-order chi connectivity index (χ0) is 30.9. The number of carbonyl (C=O) groups excluding carboxylic acids is 2. The number of nitrogens with one attached hydrogen (secondary N) is 1. The number of aromatic nitrogens is 1. The molecule has 0 saturated heterocycles. The lowest BCUT2D eigenvalue weighted by molar-refractivity contribution is -0.274. The van der Waals surface area contributed by atoms with Crippen LogP contribution in [0.1, 0.15) is 34.6 Å². The Bertz CT molecular complexity index is 1500. The number of hydrogen-bond acceptors (Lipinski definition) is 6. The SMILES string of the molecule is [2H]C([2H])([2H])Oc1cc(OC(F)(F)F)ccc1Oc1cc(Cl)c(C([2H])([2H])[2H])c(F)c1C(=O)Nc1ccnc(C(N)=O)c1. The van der Waals surface area contributed by atoms with Gasteiger partial charge in [-0.2, -0.15) is 0 Å². The Balaban J connectivity index is 2.16. The number of hydrogen-bond donors (Lipinski definition) is 2. The highest BCUT2D eigenvalue weighted by Gasteiger charge is 2.31. The highest BCUT2D eigenvalue weighted by atomic mass is 35.5. The molecule has 0 aliphatic carbocycles. The number of amides is 2. The fraction of sp³-hybridized carbons (Fsp3) is 0.136. The molecule has 8 nitrogen and oxygen atoms in total. The van der Waals surface area contributed by atoms with Gasteiger partial charge in [-0.15, -0.1) is 13.2 Å². The third-order valence-electron chi connectivity index (χ3n) is 4.16. The Kier molecular flexibility index (Phi) is 5.25. The monoisotopic (exact) mass is 519 g/mol. The Morgan fingerprint density at radius 2 is 1.91 bits per heavy atom. The van der Waals surface area contributed by atoms with Crippen LogP contribution in [0, 0.1) is 12.7 Å². The highest BCUT2D eigenvalue weighted by Crippen LogP contribution is 2.39. The van der Waals surface area contributed by atoms with Crippen LogP contribution in [-0.4, -0.2) is 30.2 Å². The molecule has 0 unspecified atom stereocenters. The largest absolute Gasteiger partial charge is 0.573 e. The minimum atomic E-state index is -5.16. The van der Waals surface area contributed by atoms with Crippen LogP contribution in [-0.2, 0) is 0 Å². The molecule has 184 valence electrons. The van der Waals surface area contributed by atoms with Crippen LogP contribution in [0.25, 0.3) is 0 Å². The van der Waals surface area contributed by atoms with Gasteiger partial charge in [0.1, 0.15) is 28.6 Å². The van der Waals surface area contributed by atoms with E-state index in [9.17, 15) is 22.8 Å². The third-order valence-corrected chi connectivity index (χ3v) is 4.46. The van der Waals surface area contributed by atoms with Crippen LogP contribution < -0.4 is 25.3 Å². The van der Waals surface area contributed by atoms with E-state index in [1.54, 1.807) is 0 Å². The molecule has 13 heteroatoms. The van der Waals surface area contributed by atoms with Crippen molar-refractivity contribution in [2.45, 2.75) is 13.2 Å². The van der Waals surface area contributed by atoms with Crippen molar-refractivity contribution < 1.29 is 49.6 Å². The van der Waals surface area contributed by atoms with E-state index in [2.05, 4.69) is 19.8 Å². The van der Waals surface area contributed by atoms with Crippen LogP contribution in [0.2, 0.25) is 5.02 Å². The number of halogens is 5. The summed E-state index contributed by atoms with van der Waals surface area (Å²) >= 11 is 5.98. The molecule has 0 spiro atoms. The molecule has 0 atom stereocenters. The van der Waals surface area contributed by atoms with E-state index < -0.39 is 77.0 Å². The number of ether oxygens (including phenoxy) is 3. The summed E-state index contributed by atoms with van der Waals surface area (Å²) in [6, 6.07) is 4.90. The molecule has 3 rings (SSSR count). The number of rotatable bonds is 7. The van der Waals surface area contributed by atoms with Gasteiger partial charge in [0.05, 0.1) is 16.2 Å². The molecule has 0 bridgehead atoms. The van der Waals surface area contributed by atoms with Crippen molar-refractivity contribution in [1.29, 1.82) is 0 Å². The van der Waals surface area contributed by atoms with Gasteiger partial charge in [0, 0.05) is 33.7 Å². The van der Waals surface area contributed by atoms with Gasteiger partial charge in [0.2, 0.25) is 0 Å². The summed E-state index contributed by atoms with van der Waals surface area (Å²) in [7, 11) is -3.22. The molecule has 1 heterocycles. The van der Waals surface area contributed by atoms with Gasteiger partial charge < -0.3 is 25.3 Å². The Morgan fingerprint density at radius 3 is 2.57 bits per heavy atom. The zero-order valence-electron chi connectivity index (χ0n) is 23.0. The second kappa shape index (κ2) is 10.1. The van der Waals surface area contributed by atoms with E-state index in [0.717, 1.165) is 24.4 Å². The highest BCUT2D eigenvalue weighted by molar-refractivity contribution is 6.31. The molecule has 2 amide bonds. The smallest absolute Gasteiger partial charge is 0.493 e. The first-order valence-corrected chi connectivity index (χ1v) is 9.49. The van der Waals surface area contributed by atoms with Gasteiger partial charge >= 0.3 is 6.36 Å². The number of pyridine rings is 1. The molecule has 35 heavy (non-hydrogen) atoms. The van der Waals surface area contributed by atoms with E-state index in [1.807, 2.05) is 0 Å². The lowest BCUT2D eigenvalue weighted by Crippen LogP contribution is -2.18. The quantitative estimate of drug-likeness (QED) is 0.413. The third kappa shape index (κ3) is 6.09. The van der Waals surface area contributed by atoms with Crippen molar-refractivity contribution in [3.8, 4) is 23.0 Å². The molecule has 3 N–H and O–H groups in total. The maximum absolute atomic E-state index is 15.6. The van der Waals surface area contributed by atoms with E-state index in [0.29, 0.717) is 12.1 Å². The minimum absolute atomic E-state index is 0.130. The number of nitrogens with two attached hydrogens (primary N) is 1. The summed E-state index contributed by atoms with van der Waals surface area (Å²) < 4.78 is 112. The Hall–Kier alpha value is -4.06. The summed E-state index contributed by atoms with van der Waals surface area (Å²) in [6.07, 6.45) is -4.07. The summed E-state index contributed by atoms with van der Waals surface area (Å²) in [5.41, 5.74) is 2.60. The van der Waals surface area contributed by atoms with Crippen molar-refractivity contribution in [3.05, 3.63) is 70.3 Å². The molecular weight excluding hydrogens is 498 g/mol. The topological polar surface area (TPSA) is 113 Å². The van der Waals surface area contributed by atoms with Gasteiger partial charge in [0.15, 0.2) is 11.5 Å². The van der Waals surface area contributed by atoms with Crippen molar-refractivity contribution in [2.24, 2.45) is 5.73 Å². The van der Waals surface area contributed by atoms with Crippen LogP contribution in [0.15, 0.2) is 42.6 Å². The van der Waals surface area contributed by atoms with E-state index >= 15 is 4.39 Å². The van der Waals surface area contributed by atoms with Crippen LogP contribution in [0.4, 0.5) is 23.2 Å². The normalized spacial score (nSPS) is 14.3. The number of primary amides is 1. The van der Waals surface area contributed by atoms with Gasteiger partial charge in [-0.25, -0.2) is 4.39 Å². The summed E-state index contributed by atoms with van der Waals surface area (Å²) in [5.74, 6) is -7.17. The molecule has 1 aromatic heterocycles. The molecule has 0 aliphatic heterocycles. The standard InChI is InChI=1S/C22H16ClF4N3O5/c1-10-13(23)9-17(34-15-4-3-12(8-16(15)33-2)35-22(25,26)27)18(19(10)24)21(32)30-11-5-6-29-14(7-11)20(28)31/h3-9H,1-2H3,(H2,28,31)(H,29,30,32)/i1D3,2D3. The molecular formula is C22H16ClF4N3O5. The second-order valence-corrected chi connectivity index (χ2v) is 6.94. The van der Waals surface area contributed by atoms with Crippen molar-refractivity contribution in [3.63, 3.8) is 0 Å². The molecule has 0 fully saturated rings. The molecule has 0 saturated carbocycles. The van der Waals surface area contributed by atoms with Gasteiger partial charge in [-0.3, -0.25) is 14.6 Å². The Labute approximate surface area is 209 Å². The first-order valence-electron chi connectivity index (χ1n) is 12.1. The second-order valence-electron chi connectivity index (χ2n) is 6.53. The average molecular weight is 520 g/mol. The number of carbonyl (C=O) groups is 2. The lowest BCUT2D eigenvalue weighted by atomic mass is 10.1. The fourth-order valence-corrected chi connectivity index (χ4v) is 2.88. The van der Waals surface area contributed by atoms with Gasteiger partial charge in [-0.05, 0) is 31.1 Å². The van der Waals surface area contributed by atoms with Gasteiger partial charge in [0.25, 0.3) is 11.8 Å². The maximum Gasteiger partial charge on any atom is 0.573 e. The Morgan fingerprint density at radius 1 is 1.14 bits per heavy atom. The first kappa shape index (κ1) is 18.3.